The lowest BCUT2D eigenvalue weighted by molar-refractivity contribution is 1.30. The summed E-state index contributed by atoms with van der Waals surface area (Å²) < 4.78 is 0. The molecule has 8 aromatic rings. The third-order valence-electron chi connectivity index (χ3n) is 10.6. The van der Waals surface area contributed by atoms with Crippen LogP contribution in [0.2, 0.25) is 0 Å². The summed E-state index contributed by atoms with van der Waals surface area (Å²) >= 11 is 0. The van der Waals surface area contributed by atoms with Gasteiger partial charge >= 0.3 is 0 Å². The standard InChI is InChI=1S/C48H35NP2Si/c1-4-18-37(19-5-1)50-43-26-12-10-24-41(43)49(42-25-11-13-27-44(42)50)36-32-34-38(35-33-36)51-45-28-14-16-30-47(45)52(39-20-6-2-7-21-39,40-22-8-3-9-23-40)48-31-17-15-29-46(48)51/h1-35H. The number of anilines is 3. The molecule has 0 radical (unpaired) electrons. The number of hydrogen-bond acceptors (Lipinski definition) is 1. The zero-order valence-electron chi connectivity index (χ0n) is 28.5. The van der Waals surface area contributed by atoms with Crippen LogP contribution in [0.1, 0.15) is 0 Å². The summed E-state index contributed by atoms with van der Waals surface area (Å²) in [6.07, 6.45) is 0. The van der Waals surface area contributed by atoms with Crippen LogP contribution < -0.4 is 57.5 Å². The van der Waals surface area contributed by atoms with E-state index in [0.717, 1.165) is 0 Å². The topological polar surface area (TPSA) is 3.24 Å². The van der Waals surface area contributed by atoms with E-state index >= 15 is 0 Å². The van der Waals surface area contributed by atoms with Crippen molar-refractivity contribution in [3.05, 3.63) is 212 Å². The Labute approximate surface area is 309 Å². The summed E-state index contributed by atoms with van der Waals surface area (Å²) in [5, 5.41) is 14.4. The molecule has 1 nitrogen and oxygen atoms in total. The molecule has 0 amide bonds. The van der Waals surface area contributed by atoms with Crippen molar-refractivity contribution in [2.45, 2.75) is 0 Å². The number of para-hydroxylation sites is 2. The van der Waals surface area contributed by atoms with Crippen LogP contribution in [-0.2, 0) is 0 Å². The minimum absolute atomic E-state index is 0.673. The van der Waals surface area contributed by atoms with Gasteiger partial charge in [0.05, 0.1) is 11.4 Å². The number of rotatable bonds is 5. The molecule has 0 spiro atoms. The molecule has 0 unspecified atom stereocenters. The molecule has 0 aliphatic carbocycles. The van der Waals surface area contributed by atoms with Gasteiger partial charge in [0.15, 0.2) is 8.07 Å². The molecule has 52 heavy (non-hydrogen) atoms. The maximum absolute atomic E-state index is 2.59. The number of fused-ring (bicyclic) bond motifs is 4. The maximum atomic E-state index is 2.48. The molecule has 0 fully saturated rings. The highest BCUT2D eigenvalue weighted by atomic mass is 31.1. The number of nitrogens with zero attached hydrogens (tertiary/aromatic N) is 1. The summed E-state index contributed by atoms with van der Waals surface area (Å²) in [5.41, 5.74) is 3.73. The fraction of sp³-hybridized carbons (Fsp3) is 0. The fourth-order valence-corrected chi connectivity index (χ4v) is 20.0. The Bertz CT molecular complexity index is 2400. The van der Waals surface area contributed by atoms with Crippen LogP contribution in [0.3, 0.4) is 0 Å². The molecule has 2 heterocycles. The molecule has 2 aliphatic rings. The minimum Gasteiger partial charge on any atom is -0.309 e. The highest BCUT2D eigenvalue weighted by Crippen LogP contribution is 2.48. The first-order valence-electron chi connectivity index (χ1n) is 17.9. The summed E-state index contributed by atoms with van der Waals surface area (Å²) in [5.74, 6) is 0. The molecule has 4 heteroatoms. The zero-order chi connectivity index (χ0) is 34.5. The molecule has 0 aromatic heterocycles. The van der Waals surface area contributed by atoms with Crippen LogP contribution in [0.4, 0.5) is 17.1 Å². The average molecular weight is 716 g/mol. The molecule has 246 valence electrons. The van der Waals surface area contributed by atoms with E-state index in [9.17, 15) is 0 Å². The molecular weight excluding hydrogens is 681 g/mol. The summed E-state index contributed by atoms with van der Waals surface area (Å²) in [6.45, 7) is 0. The van der Waals surface area contributed by atoms with E-state index in [1.165, 1.54) is 69.6 Å². The summed E-state index contributed by atoms with van der Waals surface area (Å²) in [6, 6.07) is 80.0. The van der Waals surface area contributed by atoms with E-state index in [-0.39, 0.29) is 0 Å². The summed E-state index contributed by atoms with van der Waals surface area (Å²) in [7, 11) is -4.06. The lowest BCUT2D eigenvalue weighted by Crippen LogP contribution is -2.81. The molecule has 0 bridgehead atoms. The highest BCUT2D eigenvalue weighted by molar-refractivity contribution is 7.82. The van der Waals surface area contributed by atoms with Crippen LogP contribution in [0.5, 0.6) is 0 Å². The SMILES string of the molecule is c1ccc(P2c3ccccc3N(c3ccc(P4c5ccccc5[Si](c5ccccc5)(c5ccccc5)c5ccccc54)cc3)c3ccccc32)cc1. The molecular formula is C48H35NP2Si. The zero-order valence-corrected chi connectivity index (χ0v) is 31.3. The largest absolute Gasteiger partial charge is 0.309 e. The van der Waals surface area contributed by atoms with Gasteiger partial charge in [0, 0.05) is 16.3 Å². The van der Waals surface area contributed by atoms with Gasteiger partial charge < -0.3 is 4.90 Å². The Morgan fingerprint density at radius 2 is 0.673 bits per heavy atom. The molecule has 10 rings (SSSR count). The average Bonchev–Trinajstić information content (AvgIpc) is 3.23. The van der Waals surface area contributed by atoms with Gasteiger partial charge in [0.1, 0.15) is 0 Å². The van der Waals surface area contributed by atoms with Crippen LogP contribution in [0.25, 0.3) is 0 Å². The van der Waals surface area contributed by atoms with Gasteiger partial charge in [-0.1, -0.05) is 188 Å². The molecule has 0 saturated heterocycles. The second-order valence-corrected chi connectivity index (χ2v) is 21.4. The van der Waals surface area contributed by atoms with E-state index < -0.39 is 23.9 Å². The summed E-state index contributed by atoms with van der Waals surface area (Å²) in [4.78, 5) is 2.48. The van der Waals surface area contributed by atoms with Crippen molar-refractivity contribution >= 4 is 93.6 Å². The van der Waals surface area contributed by atoms with Gasteiger partial charge in [0.2, 0.25) is 0 Å². The lowest BCUT2D eigenvalue weighted by atomic mass is 10.2. The Hall–Kier alpha value is -5.36. The van der Waals surface area contributed by atoms with Crippen LogP contribution >= 0.6 is 15.8 Å². The van der Waals surface area contributed by atoms with Crippen LogP contribution in [-0.4, -0.2) is 8.07 Å². The predicted octanol–water partition coefficient (Wildman–Crippen LogP) is 6.68. The van der Waals surface area contributed by atoms with Crippen molar-refractivity contribution in [1.29, 1.82) is 0 Å². The van der Waals surface area contributed by atoms with Crippen molar-refractivity contribution in [3.63, 3.8) is 0 Å². The van der Waals surface area contributed by atoms with Crippen LogP contribution in [0.15, 0.2) is 212 Å². The number of benzene rings is 8. The minimum atomic E-state index is -2.59. The van der Waals surface area contributed by atoms with E-state index in [4.69, 9.17) is 0 Å². The second kappa shape index (κ2) is 13.0. The monoisotopic (exact) mass is 715 g/mol. The normalized spacial score (nSPS) is 14.5. The first kappa shape index (κ1) is 31.4. The van der Waals surface area contributed by atoms with Crippen molar-refractivity contribution in [1.82, 2.24) is 0 Å². The third kappa shape index (κ3) is 4.83. The van der Waals surface area contributed by atoms with Gasteiger partial charge in [0.25, 0.3) is 0 Å². The molecule has 8 aromatic carbocycles. The van der Waals surface area contributed by atoms with E-state index in [2.05, 4.69) is 217 Å². The predicted molar refractivity (Wildman–Crippen MR) is 229 cm³/mol. The van der Waals surface area contributed by atoms with Gasteiger partial charge in [-0.3, -0.25) is 0 Å². The van der Waals surface area contributed by atoms with Crippen molar-refractivity contribution in [2.24, 2.45) is 0 Å². The Morgan fingerprint density at radius 1 is 0.308 bits per heavy atom. The first-order valence-corrected chi connectivity index (χ1v) is 22.6. The Morgan fingerprint density at radius 3 is 1.17 bits per heavy atom. The Kier molecular flexibility index (Phi) is 7.84. The van der Waals surface area contributed by atoms with Gasteiger partial charge in [-0.25, -0.2) is 0 Å². The first-order chi connectivity index (χ1) is 25.8. The fourth-order valence-electron chi connectivity index (χ4n) is 8.52. The van der Waals surface area contributed by atoms with Crippen molar-refractivity contribution < 1.29 is 0 Å². The van der Waals surface area contributed by atoms with E-state index in [0.29, 0.717) is 0 Å². The van der Waals surface area contributed by atoms with E-state index in [1.807, 2.05) is 0 Å². The van der Waals surface area contributed by atoms with E-state index in [1.54, 1.807) is 0 Å². The van der Waals surface area contributed by atoms with Crippen LogP contribution in [0, 0.1) is 0 Å². The maximum Gasteiger partial charge on any atom is 0.180 e. The molecule has 0 N–H and O–H groups in total. The third-order valence-corrected chi connectivity index (χ3v) is 21.0. The van der Waals surface area contributed by atoms with Gasteiger partial charge in [-0.05, 0) is 82.1 Å². The molecule has 0 atom stereocenters. The molecule has 0 saturated carbocycles. The smallest absolute Gasteiger partial charge is 0.180 e. The number of hydrogen-bond donors (Lipinski definition) is 0. The van der Waals surface area contributed by atoms with Crippen molar-refractivity contribution in [3.8, 4) is 0 Å². The molecule has 2 aliphatic heterocycles. The van der Waals surface area contributed by atoms with Crippen molar-refractivity contribution in [2.75, 3.05) is 4.90 Å². The van der Waals surface area contributed by atoms with Gasteiger partial charge in [-0.2, -0.15) is 0 Å². The lowest BCUT2D eigenvalue weighted by Gasteiger charge is -2.43. The highest BCUT2D eigenvalue weighted by Gasteiger charge is 2.49. The quantitative estimate of drug-likeness (QED) is 0.142. The van der Waals surface area contributed by atoms with Gasteiger partial charge in [-0.15, -0.1) is 0 Å². The Balaban J connectivity index is 1.13. The second-order valence-electron chi connectivity index (χ2n) is 13.4.